The SMILES string of the molecule is COc1cccc(N2CCN(CC3C=CC(N)C3)CC2)c1. The number of hydrogen-bond donors (Lipinski definition) is 1. The van der Waals surface area contributed by atoms with Gasteiger partial charge < -0.3 is 15.4 Å². The van der Waals surface area contributed by atoms with E-state index in [-0.39, 0.29) is 6.04 Å². The van der Waals surface area contributed by atoms with Crippen LogP contribution in [0.2, 0.25) is 0 Å². The van der Waals surface area contributed by atoms with Crippen LogP contribution in [0.3, 0.4) is 0 Å². The maximum absolute atomic E-state index is 5.93. The van der Waals surface area contributed by atoms with Gasteiger partial charge in [0.05, 0.1) is 7.11 Å². The first-order valence-electron chi connectivity index (χ1n) is 7.80. The first kappa shape index (κ1) is 14.4. The van der Waals surface area contributed by atoms with Gasteiger partial charge in [0.15, 0.2) is 0 Å². The minimum Gasteiger partial charge on any atom is -0.497 e. The van der Waals surface area contributed by atoms with E-state index in [9.17, 15) is 0 Å². The molecule has 1 aromatic carbocycles. The zero-order valence-corrected chi connectivity index (χ0v) is 12.7. The van der Waals surface area contributed by atoms with Crippen LogP contribution in [0.25, 0.3) is 0 Å². The number of ether oxygens (including phenoxy) is 1. The second kappa shape index (κ2) is 6.50. The number of hydrogen-bond acceptors (Lipinski definition) is 4. The second-order valence-electron chi connectivity index (χ2n) is 6.03. The highest BCUT2D eigenvalue weighted by molar-refractivity contribution is 5.51. The molecule has 1 aliphatic heterocycles. The normalized spacial score (nSPS) is 26.3. The van der Waals surface area contributed by atoms with Crippen LogP contribution < -0.4 is 15.4 Å². The molecule has 2 unspecified atom stereocenters. The first-order valence-corrected chi connectivity index (χ1v) is 7.80. The van der Waals surface area contributed by atoms with Gasteiger partial charge in [0.1, 0.15) is 5.75 Å². The summed E-state index contributed by atoms with van der Waals surface area (Å²) in [4.78, 5) is 5.00. The molecule has 0 radical (unpaired) electrons. The van der Waals surface area contributed by atoms with E-state index in [0.29, 0.717) is 5.92 Å². The summed E-state index contributed by atoms with van der Waals surface area (Å²) in [5.41, 5.74) is 7.19. The van der Waals surface area contributed by atoms with Crippen molar-refractivity contribution in [2.24, 2.45) is 11.7 Å². The summed E-state index contributed by atoms with van der Waals surface area (Å²) >= 11 is 0. The van der Waals surface area contributed by atoms with E-state index in [0.717, 1.165) is 44.9 Å². The van der Waals surface area contributed by atoms with Gasteiger partial charge in [-0.05, 0) is 24.5 Å². The molecule has 0 saturated carbocycles. The van der Waals surface area contributed by atoms with Crippen molar-refractivity contribution in [2.75, 3.05) is 44.7 Å². The summed E-state index contributed by atoms with van der Waals surface area (Å²) < 4.78 is 5.31. The van der Waals surface area contributed by atoms with Crippen LogP contribution in [0.5, 0.6) is 5.75 Å². The van der Waals surface area contributed by atoms with E-state index in [1.54, 1.807) is 7.11 Å². The van der Waals surface area contributed by atoms with Crippen LogP contribution in [-0.2, 0) is 0 Å². The van der Waals surface area contributed by atoms with E-state index in [2.05, 4.69) is 40.2 Å². The van der Waals surface area contributed by atoms with Gasteiger partial charge in [0.25, 0.3) is 0 Å². The Kier molecular flexibility index (Phi) is 4.46. The molecule has 2 N–H and O–H groups in total. The molecule has 0 aromatic heterocycles. The molecule has 2 aliphatic rings. The van der Waals surface area contributed by atoms with E-state index in [1.807, 2.05) is 6.07 Å². The lowest BCUT2D eigenvalue weighted by Gasteiger charge is -2.37. The fraction of sp³-hybridized carbons (Fsp3) is 0.529. The summed E-state index contributed by atoms with van der Waals surface area (Å²) in [5.74, 6) is 1.57. The lowest BCUT2D eigenvalue weighted by molar-refractivity contribution is 0.232. The number of methoxy groups -OCH3 is 1. The molecule has 4 nitrogen and oxygen atoms in total. The molecule has 0 spiro atoms. The largest absolute Gasteiger partial charge is 0.497 e. The maximum atomic E-state index is 5.93. The average Bonchev–Trinajstić information content (AvgIpc) is 2.93. The second-order valence-corrected chi connectivity index (χ2v) is 6.03. The predicted molar refractivity (Wildman–Crippen MR) is 86.9 cm³/mol. The van der Waals surface area contributed by atoms with Gasteiger partial charge in [-0.2, -0.15) is 0 Å². The molecule has 114 valence electrons. The van der Waals surface area contributed by atoms with Gasteiger partial charge in [-0.3, -0.25) is 4.90 Å². The average molecular weight is 287 g/mol. The molecule has 3 rings (SSSR count). The summed E-state index contributed by atoms with van der Waals surface area (Å²) in [6.45, 7) is 5.55. The van der Waals surface area contributed by atoms with Crippen molar-refractivity contribution in [2.45, 2.75) is 12.5 Å². The summed E-state index contributed by atoms with van der Waals surface area (Å²) in [5, 5.41) is 0. The Morgan fingerprint density at radius 3 is 2.67 bits per heavy atom. The highest BCUT2D eigenvalue weighted by Gasteiger charge is 2.22. The fourth-order valence-corrected chi connectivity index (χ4v) is 3.27. The summed E-state index contributed by atoms with van der Waals surface area (Å²) in [7, 11) is 1.72. The number of anilines is 1. The molecule has 4 heteroatoms. The third-order valence-electron chi connectivity index (χ3n) is 4.49. The van der Waals surface area contributed by atoms with Gasteiger partial charge in [-0.25, -0.2) is 0 Å². The molecular weight excluding hydrogens is 262 g/mol. The number of rotatable bonds is 4. The van der Waals surface area contributed by atoms with E-state index in [1.165, 1.54) is 5.69 Å². The fourth-order valence-electron chi connectivity index (χ4n) is 3.27. The van der Waals surface area contributed by atoms with Crippen molar-refractivity contribution in [1.29, 1.82) is 0 Å². The van der Waals surface area contributed by atoms with Crippen molar-refractivity contribution >= 4 is 5.69 Å². The molecule has 0 amide bonds. The molecule has 1 fully saturated rings. The van der Waals surface area contributed by atoms with Crippen LogP contribution in [0.15, 0.2) is 36.4 Å². The molecular formula is C17H25N3O. The molecule has 1 saturated heterocycles. The Morgan fingerprint density at radius 2 is 2.00 bits per heavy atom. The van der Waals surface area contributed by atoms with Gasteiger partial charge in [0.2, 0.25) is 0 Å². The van der Waals surface area contributed by atoms with E-state index in [4.69, 9.17) is 10.5 Å². The molecule has 21 heavy (non-hydrogen) atoms. The summed E-state index contributed by atoms with van der Waals surface area (Å²) in [6.07, 6.45) is 5.55. The molecule has 1 heterocycles. The zero-order chi connectivity index (χ0) is 14.7. The maximum Gasteiger partial charge on any atom is 0.120 e. The third kappa shape index (κ3) is 3.57. The lowest BCUT2D eigenvalue weighted by atomic mass is 10.1. The van der Waals surface area contributed by atoms with Crippen molar-refractivity contribution in [3.05, 3.63) is 36.4 Å². The molecule has 0 bridgehead atoms. The molecule has 1 aliphatic carbocycles. The predicted octanol–water partition coefficient (Wildman–Crippen LogP) is 1.72. The minimum atomic E-state index is 0.271. The van der Waals surface area contributed by atoms with E-state index < -0.39 is 0 Å². The topological polar surface area (TPSA) is 41.7 Å². The highest BCUT2D eigenvalue weighted by atomic mass is 16.5. The van der Waals surface area contributed by atoms with Crippen molar-refractivity contribution in [3.8, 4) is 5.75 Å². The Morgan fingerprint density at radius 1 is 1.19 bits per heavy atom. The molecule has 2 atom stereocenters. The van der Waals surface area contributed by atoms with Gasteiger partial charge in [0, 0.05) is 50.5 Å². The lowest BCUT2D eigenvalue weighted by Crippen LogP contribution is -2.47. The third-order valence-corrected chi connectivity index (χ3v) is 4.49. The van der Waals surface area contributed by atoms with Crippen molar-refractivity contribution < 1.29 is 4.74 Å². The number of nitrogens with zero attached hydrogens (tertiary/aromatic N) is 2. The zero-order valence-electron chi connectivity index (χ0n) is 12.7. The monoisotopic (exact) mass is 287 g/mol. The van der Waals surface area contributed by atoms with Crippen LogP contribution in [0.1, 0.15) is 6.42 Å². The number of benzene rings is 1. The van der Waals surface area contributed by atoms with Crippen LogP contribution in [-0.4, -0.2) is 50.8 Å². The quantitative estimate of drug-likeness (QED) is 0.856. The van der Waals surface area contributed by atoms with Crippen molar-refractivity contribution in [3.63, 3.8) is 0 Å². The Labute approximate surface area is 127 Å². The minimum absolute atomic E-state index is 0.271. The van der Waals surface area contributed by atoms with Crippen LogP contribution in [0, 0.1) is 5.92 Å². The van der Waals surface area contributed by atoms with Gasteiger partial charge in [-0.15, -0.1) is 0 Å². The molecule has 1 aromatic rings. The standard InChI is InChI=1S/C17H25N3O/c1-21-17-4-2-3-16(12-17)20-9-7-19(8-10-20)13-14-5-6-15(18)11-14/h2-6,12,14-15H,7-11,13,18H2,1H3. The number of piperazine rings is 1. The van der Waals surface area contributed by atoms with Crippen molar-refractivity contribution in [1.82, 2.24) is 4.90 Å². The van der Waals surface area contributed by atoms with Gasteiger partial charge in [-0.1, -0.05) is 18.2 Å². The Hall–Kier alpha value is -1.52. The van der Waals surface area contributed by atoms with Crippen LogP contribution in [0.4, 0.5) is 5.69 Å². The van der Waals surface area contributed by atoms with Gasteiger partial charge >= 0.3 is 0 Å². The Bertz CT molecular complexity index is 495. The number of nitrogens with two attached hydrogens (primary N) is 1. The van der Waals surface area contributed by atoms with E-state index >= 15 is 0 Å². The Balaban J connectivity index is 1.51. The first-order chi connectivity index (χ1) is 10.2. The highest BCUT2D eigenvalue weighted by Crippen LogP contribution is 2.23. The smallest absolute Gasteiger partial charge is 0.120 e. The van der Waals surface area contributed by atoms with Crippen LogP contribution >= 0.6 is 0 Å². The summed E-state index contributed by atoms with van der Waals surface area (Å²) in [6, 6.07) is 8.61.